The lowest BCUT2D eigenvalue weighted by Gasteiger charge is -2.29. The number of benzene rings is 2. The van der Waals surface area contributed by atoms with Crippen LogP contribution < -0.4 is 19.5 Å². The zero-order valence-electron chi connectivity index (χ0n) is 19.4. The van der Waals surface area contributed by atoms with Crippen molar-refractivity contribution in [3.8, 4) is 17.2 Å². The van der Waals surface area contributed by atoms with Gasteiger partial charge in [-0.15, -0.1) is 0 Å². The van der Waals surface area contributed by atoms with E-state index in [1.165, 1.54) is 0 Å². The fraction of sp³-hybridized carbons (Fsp3) is 0.360. The quantitative estimate of drug-likeness (QED) is 0.587. The molecule has 1 fully saturated rings. The van der Waals surface area contributed by atoms with Crippen LogP contribution in [-0.4, -0.2) is 48.4 Å². The fourth-order valence-electron chi connectivity index (χ4n) is 4.47. The van der Waals surface area contributed by atoms with Gasteiger partial charge in [-0.3, -0.25) is 0 Å². The van der Waals surface area contributed by atoms with Gasteiger partial charge < -0.3 is 29.0 Å². The largest absolute Gasteiger partial charge is 0.497 e. The number of hydrogen-bond acceptors (Lipinski definition) is 5. The zero-order valence-corrected chi connectivity index (χ0v) is 19.4. The third-order valence-corrected chi connectivity index (χ3v) is 6.15. The molecule has 0 saturated carbocycles. The number of methoxy groups -OCH3 is 3. The van der Waals surface area contributed by atoms with E-state index < -0.39 is 6.04 Å². The summed E-state index contributed by atoms with van der Waals surface area (Å²) in [6, 6.07) is 12.7. The van der Waals surface area contributed by atoms with Crippen LogP contribution in [0.4, 0.5) is 4.79 Å². The minimum atomic E-state index is -0.465. The zero-order chi connectivity index (χ0) is 23.4. The molecule has 0 spiro atoms. The average molecular weight is 451 g/mol. The number of ether oxygens (including phenoxy) is 3. The molecular weight excluding hydrogens is 420 g/mol. The summed E-state index contributed by atoms with van der Waals surface area (Å²) in [4.78, 5) is 20.0. The Labute approximate surface area is 194 Å². The Balaban J connectivity index is 1.65. The fourth-order valence-corrected chi connectivity index (χ4v) is 4.47. The summed E-state index contributed by atoms with van der Waals surface area (Å²) < 4.78 is 18.4. The summed E-state index contributed by atoms with van der Waals surface area (Å²) in [7, 11) is 6.80. The van der Waals surface area contributed by atoms with E-state index in [0.29, 0.717) is 18.0 Å². The van der Waals surface area contributed by atoms with Crippen LogP contribution in [0.1, 0.15) is 41.9 Å². The predicted molar refractivity (Wildman–Crippen MR) is 125 cm³/mol. The van der Waals surface area contributed by atoms with Crippen molar-refractivity contribution in [2.75, 3.05) is 27.9 Å². The van der Waals surface area contributed by atoms with Crippen LogP contribution in [-0.2, 0) is 7.05 Å². The summed E-state index contributed by atoms with van der Waals surface area (Å²) in [6.07, 6.45) is 5.36. The van der Waals surface area contributed by atoms with Crippen molar-refractivity contribution < 1.29 is 19.0 Å². The number of carbonyl (C=O) groups is 1. The van der Waals surface area contributed by atoms with Crippen molar-refractivity contribution in [2.45, 2.75) is 24.9 Å². The highest BCUT2D eigenvalue weighted by Gasteiger charge is 2.34. The molecule has 2 amide bonds. The van der Waals surface area contributed by atoms with Crippen molar-refractivity contribution in [3.05, 3.63) is 71.8 Å². The average Bonchev–Trinajstić information content (AvgIpc) is 3.51. The molecule has 2 unspecified atom stereocenters. The van der Waals surface area contributed by atoms with Crippen LogP contribution in [0.5, 0.6) is 17.2 Å². The van der Waals surface area contributed by atoms with E-state index >= 15 is 0 Å². The summed E-state index contributed by atoms with van der Waals surface area (Å²) in [5.41, 5.74) is 1.82. The molecule has 0 aliphatic carbocycles. The van der Waals surface area contributed by atoms with Gasteiger partial charge in [-0.25, -0.2) is 9.78 Å². The number of nitrogens with zero attached hydrogens (tertiary/aromatic N) is 3. The molecule has 0 radical (unpaired) electrons. The number of rotatable bonds is 7. The van der Waals surface area contributed by atoms with E-state index in [4.69, 9.17) is 14.2 Å². The lowest BCUT2D eigenvalue weighted by Crippen LogP contribution is -2.42. The summed E-state index contributed by atoms with van der Waals surface area (Å²) in [5.74, 6) is 2.85. The van der Waals surface area contributed by atoms with E-state index in [0.717, 1.165) is 35.5 Å². The molecule has 2 atom stereocenters. The summed E-state index contributed by atoms with van der Waals surface area (Å²) in [6.45, 7) is 0.658. The SMILES string of the molecule is COc1ccc(C2CCCN2C(=O)NC(c2ccccc2OC)c2nccn2C)c(OC)c1. The lowest BCUT2D eigenvalue weighted by atomic mass is 10.0. The summed E-state index contributed by atoms with van der Waals surface area (Å²) in [5, 5.41) is 3.21. The smallest absolute Gasteiger partial charge is 0.318 e. The molecule has 2 heterocycles. The Morgan fingerprint density at radius 2 is 1.88 bits per heavy atom. The number of urea groups is 1. The highest BCUT2D eigenvalue weighted by molar-refractivity contribution is 5.76. The van der Waals surface area contributed by atoms with Gasteiger partial charge in [0, 0.05) is 43.2 Å². The molecule has 33 heavy (non-hydrogen) atoms. The number of para-hydroxylation sites is 1. The first-order chi connectivity index (χ1) is 16.1. The van der Waals surface area contributed by atoms with Gasteiger partial charge in [0.15, 0.2) is 0 Å². The molecule has 3 aromatic rings. The van der Waals surface area contributed by atoms with Crippen LogP contribution in [0.15, 0.2) is 54.9 Å². The van der Waals surface area contributed by atoms with Crippen molar-refractivity contribution >= 4 is 6.03 Å². The minimum Gasteiger partial charge on any atom is -0.497 e. The highest BCUT2D eigenvalue weighted by Crippen LogP contribution is 2.39. The standard InChI is InChI=1S/C25H30N4O4/c1-28-15-13-26-24(28)23(19-8-5-6-10-21(19)32-3)27-25(30)29-14-7-9-20(29)18-12-11-17(31-2)16-22(18)33-4/h5-6,8,10-13,15-16,20,23H,7,9,14H2,1-4H3,(H,27,30). The molecule has 1 saturated heterocycles. The maximum Gasteiger partial charge on any atom is 0.318 e. The molecule has 8 nitrogen and oxygen atoms in total. The van der Waals surface area contributed by atoms with Gasteiger partial charge in [-0.2, -0.15) is 0 Å². The second kappa shape index (κ2) is 9.85. The molecule has 1 aliphatic heterocycles. The maximum atomic E-state index is 13.6. The molecule has 1 N–H and O–H groups in total. The van der Waals surface area contributed by atoms with E-state index in [9.17, 15) is 4.79 Å². The van der Waals surface area contributed by atoms with Crippen LogP contribution in [0.25, 0.3) is 0 Å². The topological polar surface area (TPSA) is 77.9 Å². The number of hydrogen-bond donors (Lipinski definition) is 1. The van der Waals surface area contributed by atoms with Crippen LogP contribution >= 0.6 is 0 Å². The van der Waals surface area contributed by atoms with E-state index in [1.54, 1.807) is 27.5 Å². The minimum absolute atomic E-state index is 0.0921. The molecule has 8 heteroatoms. The second-order valence-electron chi connectivity index (χ2n) is 7.98. The van der Waals surface area contributed by atoms with E-state index in [-0.39, 0.29) is 12.1 Å². The molecule has 0 bridgehead atoms. The van der Waals surface area contributed by atoms with Crippen molar-refractivity contribution in [3.63, 3.8) is 0 Å². The Hall–Kier alpha value is -3.68. The number of aryl methyl sites for hydroxylation is 1. The Bertz CT molecular complexity index is 1110. The van der Waals surface area contributed by atoms with Crippen molar-refractivity contribution in [1.82, 2.24) is 19.8 Å². The third-order valence-electron chi connectivity index (χ3n) is 6.15. The molecule has 2 aromatic carbocycles. The molecule has 1 aromatic heterocycles. The van der Waals surface area contributed by atoms with Gasteiger partial charge in [-0.05, 0) is 31.0 Å². The monoisotopic (exact) mass is 450 g/mol. The second-order valence-corrected chi connectivity index (χ2v) is 7.98. The molecule has 4 rings (SSSR count). The first kappa shape index (κ1) is 22.5. The first-order valence-electron chi connectivity index (χ1n) is 11.0. The number of imidazole rings is 1. The normalized spacial score (nSPS) is 16.4. The van der Waals surface area contributed by atoms with E-state index in [2.05, 4.69) is 10.3 Å². The van der Waals surface area contributed by atoms with Crippen molar-refractivity contribution in [2.24, 2.45) is 7.05 Å². The molecular formula is C25H30N4O4. The number of aromatic nitrogens is 2. The summed E-state index contributed by atoms with van der Waals surface area (Å²) >= 11 is 0. The van der Waals surface area contributed by atoms with Crippen LogP contribution in [0.2, 0.25) is 0 Å². The Morgan fingerprint density at radius 1 is 1.09 bits per heavy atom. The van der Waals surface area contributed by atoms with Gasteiger partial charge in [0.2, 0.25) is 0 Å². The predicted octanol–water partition coefficient (Wildman–Crippen LogP) is 4.08. The maximum absolute atomic E-state index is 13.6. The first-order valence-corrected chi connectivity index (χ1v) is 11.0. The van der Waals surface area contributed by atoms with Crippen LogP contribution in [0, 0.1) is 0 Å². The Morgan fingerprint density at radius 3 is 2.58 bits per heavy atom. The number of carbonyl (C=O) groups excluding carboxylic acids is 1. The number of likely N-dealkylation sites (tertiary alicyclic amines) is 1. The van der Waals surface area contributed by atoms with Crippen molar-refractivity contribution in [1.29, 1.82) is 0 Å². The molecule has 174 valence electrons. The van der Waals surface area contributed by atoms with Gasteiger partial charge in [-0.1, -0.05) is 18.2 Å². The van der Waals surface area contributed by atoms with Crippen LogP contribution in [0.3, 0.4) is 0 Å². The third kappa shape index (κ3) is 4.46. The van der Waals surface area contributed by atoms with Gasteiger partial charge >= 0.3 is 6.03 Å². The number of nitrogens with one attached hydrogen (secondary N) is 1. The van der Waals surface area contributed by atoms with Gasteiger partial charge in [0.1, 0.15) is 29.1 Å². The molecule has 1 aliphatic rings. The van der Waals surface area contributed by atoms with Gasteiger partial charge in [0.05, 0.1) is 27.4 Å². The lowest BCUT2D eigenvalue weighted by molar-refractivity contribution is 0.189. The van der Waals surface area contributed by atoms with Gasteiger partial charge in [0.25, 0.3) is 0 Å². The number of amides is 2. The Kier molecular flexibility index (Phi) is 6.72. The highest BCUT2D eigenvalue weighted by atomic mass is 16.5. The van der Waals surface area contributed by atoms with E-state index in [1.807, 2.05) is 65.2 Å².